The zero-order valence-corrected chi connectivity index (χ0v) is 12.3. The SMILES string of the molecule is CCCOc1ncnc(Nc2ccc(OCC)cc2)c1N. The van der Waals surface area contributed by atoms with Crippen LogP contribution in [0.5, 0.6) is 11.6 Å². The van der Waals surface area contributed by atoms with Crippen LogP contribution in [0.3, 0.4) is 0 Å². The molecule has 0 aliphatic heterocycles. The minimum Gasteiger partial charge on any atom is -0.494 e. The van der Waals surface area contributed by atoms with Crippen molar-refractivity contribution in [2.24, 2.45) is 0 Å². The molecule has 0 saturated carbocycles. The summed E-state index contributed by atoms with van der Waals surface area (Å²) in [7, 11) is 0. The van der Waals surface area contributed by atoms with Gasteiger partial charge in [-0.1, -0.05) is 6.92 Å². The van der Waals surface area contributed by atoms with Gasteiger partial charge in [0, 0.05) is 5.69 Å². The predicted molar refractivity (Wildman–Crippen MR) is 83.1 cm³/mol. The number of anilines is 3. The molecule has 21 heavy (non-hydrogen) atoms. The number of rotatable bonds is 7. The second kappa shape index (κ2) is 7.33. The van der Waals surface area contributed by atoms with Crippen molar-refractivity contribution in [2.45, 2.75) is 20.3 Å². The number of ether oxygens (including phenoxy) is 2. The monoisotopic (exact) mass is 288 g/mol. The summed E-state index contributed by atoms with van der Waals surface area (Å²) in [4.78, 5) is 8.18. The Morgan fingerprint density at radius 1 is 1.10 bits per heavy atom. The highest BCUT2D eigenvalue weighted by atomic mass is 16.5. The summed E-state index contributed by atoms with van der Waals surface area (Å²) in [6, 6.07) is 7.58. The Morgan fingerprint density at radius 3 is 2.52 bits per heavy atom. The number of hydrogen-bond acceptors (Lipinski definition) is 6. The maximum Gasteiger partial charge on any atom is 0.242 e. The second-order valence-corrected chi connectivity index (χ2v) is 4.37. The van der Waals surface area contributed by atoms with E-state index in [0.29, 0.717) is 30.6 Å². The molecule has 1 aromatic carbocycles. The van der Waals surface area contributed by atoms with Crippen molar-refractivity contribution in [3.8, 4) is 11.6 Å². The predicted octanol–water partition coefficient (Wildman–Crippen LogP) is 2.99. The highest BCUT2D eigenvalue weighted by molar-refractivity contribution is 5.72. The first-order valence-electron chi connectivity index (χ1n) is 6.97. The number of hydrogen-bond donors (Lipinski definition) is 2. The maximum absolute atomic E-state index is 6.01. The molecule has 0 bridgehead atoms. The van der Waals surface area contributed by atoms with Crippen LogP contribution in [0.25, 0.3) is 0 Å². The van der Waals surface area contributed by atoms with Crippen molar-refractivity contribution in [3.63, 3.8) is 0 Å². The van der Waals surface area contributed by atoms with Gasteiger partial charge in [-0.2, -0.15) is 4.98 Å². The lowest BCUT2D eigenvalue weighted by Crippen LogP contribution is -2.05. The average Bonchev–Trinajstić information content (AvgIpc) is 2.50. The van der Waals surface area contributed by atoms with Crippen LogP contribution < -0.4 is 20.5 Å². The third kappa shape index (κ3) is 3.98. The lowest BCUT2D eigenvalue weighted by Gasteiger charge is -2.12. The molecule has 0 radical (unpaired) electrons. The molecule has 0 fully saturated rings. The summed E-state index contributed by atoms with van der Waals surface area (Å²) in [6.45, 7) is 5.19. The van der Waals surface area contributed by atoms with E-state index in [-0.39, 0.29) is 0 Å². The van der Waals surface area contributed by atoms with Gasteiger partial charge in [0.25, 0.3) is 0 Å². The van der Waals surface area contributed by atoms with E-state index in [4.69, 9.17) is 15.2 Å². The van der Waals surface area contributed by atoms with Crippen molar-refractivity contribution in [2.75, 3.05) is 24.3 Å². The van der Waals surface area contributed by atoms with Crippen LogP contribution in [-0.4, -0.2) is 23.2 Å². The smallest absolute Gasteiger partial charge is 0.242 e. The number of nitrogens with one attached hydrogen (secondary N) is 1. The Bertz CT molecular complexity index is 572. The summed E-state index contributed by atoms with van der Waals surface area (Å²) in [5, 5.41) is 3.15. The standard InChI is InChI=1S/C15H20N4O2/c1-3-9-21-15-13(16)14(17-10-18-15)19-11-5-7-12(8-6-11)20-4-2/h5-8,10H,3-4,9,16H2,1-2H3,(H,17,18,19). The van der Waals surface area contributed by atoms with E-state index in [2.05, 4.69) is 15.3 Å². The van der Waals surface area contributed by atoms with E-state index in [9.17, 15) is 0 Å². The fraction of sp³-hybridized carbons (Fsp3) is 0.333. The van der Waals surface area contributed by atoms with Gasteiger partial charge in [-0.15, -0.1) is 0 Å². The number of nitrogens with two attached hydrogens (primary N) is 1. The van der Waals surface area contributed by atoms with Gasteiger partial charge in [0.05, 0.1) is 13.2 Å². The molecule has 0 saturated heterocycles. The molecule has 0 spiro atoms. The molecule has 2 aromatic rings. The van der Waals surface area contributed by atoms with Gasteiger partial charge in [0.2, 0.25) is 5.88 Å². The minimum absolute atomic E-state index is 0.403. The Kier molecular flexibility index (Phi) is 5.20. The highest BCUT2D eigenvalue weighted by Gasteiger charge is 2.09. The fourth-order valence-electron chi connectivity index (χ4n) is 1.73. The van der Waals surface area contributed by atoms with Gasteiger partial charge in [0.15, 0.2) is 5.82 Å². The third-order valence-corrected chi connectivity index (χ3v) is 2.72. The first-order chi connectivity index (χ1) is 10.2. The number of benzene rings is 1. The first-order valence-corrected chi connectivity index (χ1v) is 6.97. The van der Waals surface area contributed by atoms with Gasteiger partial charge in [-0.25, -0.2) is 4.98 Å². The summed E-state index contributed by atoms with van der Waals surface area (Å²) < 4.78 is 10.9. The fourth-order valence-corrected chi connectivity index (χ4v) is 1.73. The molecule has 112 valence electrons. The van der Waals surface area contributed by atoms with Gasteiger partial charge in [0.1, 0.15) is 17.8 Å². The summed E-state index contributed by atoms with van der Waals surface area (Å²) >= 11 is 0. The molecule has 0 aliphatic carbocycles. The molecular weight excluding hydrogens is 268 g/mol. The van der Waals surface area contributed by atoms with Crippen molar-refractivity contribution in [1.82, 2.24) is 9.97 Å². The van der Waals surface area contributed by atoms with Crippen LogP contribution in [0.2, 0.25) is 0 Å². The van der Waals surface area contributed by atoms with Crippen LogP contribution in [0, 0.1) is 0 Å². The summed E-state index contributed by atoms with van der Waals surface area (Å²) in [5.74, 6) is 1.76. The van der Waals surface area contributed by atoms with E-state index in [1.165, 1.54) is 6.33 Å². The molecule has 0 amide bonds. The van der Waals surface area contributed by atoms with Crippen LogP contribution in [0.15, 0.2) is 30.6 Å². The van der Waals surface area contributed by atoms with Crippen molar-refractivity contribution >= 4 is 17.2 Å². The lowest BCUT2D eigenvalue weighted by molar-refractivity contribution is 0.307. The Balaban J connectivity index is 2.11. The Hall–Kier alpha value is -2.50. The first kappa shape index (κ1) is 14.9. The van der Waals surface area contributed by atoms with Crippen molar-refractivity contribution in [1.29, 1.82) is 0 Å². The molecule has 0 aliphatic rings. The van der Waals surface area contributed by atoms with Crippen LogP contribution in [-0.2, 0) is 0 Å². The van der Waals surface area contributed by atoms with E-state index >= 15 is 0 Å². The topological polar surface area (TPSA) is 82.3 Å². The van der Waals surface area contributed by atoms with Crippen molar-refractivity contribution in [3.05, 3.63) is 30.6 Å². The lowest BCUT2D eigenvalue weighted by atomic mass is 10.3. The van der Waals surface area contributed by atoms with Crippen molar-refractivity contribution < 1.29 is 9.47 Å². The molecule has 0 unspecified atom stereocenters. The molecule has 6 nitrogen and oxygen atoms in total. The normalized spacial score (nSPS) is 10.2. The maximum atomic E-state index is 6.01. The van der Waals surface area contributed by atoms with E-state index in [1.807, 2.05) is 38.1 Å². The molecule has 3 N–H and O–H groups in total. The highest BCUT2D eigenvalue weighted by Crippen LogP contribution is 2.28. The Morgan fingerprint density at radius 2 is 1.86 bits per heavy atom. The minimum atomic E-state index is 0.403. The molecule has 0 atom stereocenters. The summed E-state index contributed by atoms with van der Waals surface area (Å²) in [6.07, 6.45) is 2.32. The van der Waals surface area contributed by atoms with Crippen LogP contribution >= 0.6 is 0 Å². The average molecular weight is 288 g/mol. The quantitative estimate of drug-likeness (QED) is 0.815. The summed E-state index contributed by atoms with van der Waals surface area (Å²) in [5.41, 5.74) is 7.28. The molecular formula is C15H20N4O2. The number of nitrogens with zero attached hydrogens (tertiary/aromatic N) is 2. The van der Waals surface area contributed by atoms with Gasteiger partial charge in [-0.05, 0) is 37.6 Å². The zero-order valence-electron chi connectivity index (χ0n) is 12.3. The third-order valence-electron chi connectivity index (χ3n) is 2.72. The van der Waals surface area contributed by atoms with E-state index in [0.717, 1.165) is 17.9 Å². The van der Waals surface area contributed by atoms with E-state index < -0.39 is 0 Å². The van der Waals surface area contributed by atoms with Crippen LogP contribution in [0.4, 0.5) is 17.2 Å². The molecule has 1 heterocycles. The molecule has 1 aromatic heterocycles. The van der Waals surface area contributed by atoms with Gasteiger partial charge < -0.3 is 20.5 Å². The largest absolute Gasteiger partial charge is 0.494 e. The number of aromatic nitrogens is 2. The van der Waals surface area contributed by atoms with Crippen LogP contribution in [0.1, 0.15) is 20.3 Å². The van der Waals surface area contributed by atoms with E-state index in [1.54, 1.807) is 0 Å². The zero-order chi connectivity index (χ0) is 15.1. The molecule has 6 heteroatoms. The number of nitrogen functional groups attached to an aromatic ring is 1. The Labute approximate surface area is 124 Å². The van der Waals surface area contributed by atoms with Gasteiger partial charge in [-0.3, -0.25) is 0 Å². The molecule has 2 rings (SSSR count). The second-order valence-electron chi connectivity index (χ2n) is 4.37. The van der Waals surface area contributed by atoms with Gasteiger partial charge >= 0.3 is 0 Å².